The molecule has 1 heterocycles. The van der Waals surface area contributed by atoms with Crippen LogP contribution >= 0.6 is 11.6 Å². The van der Waals surface area contributed by atoms with Gasteiger partial charge in [0.05, 0.1) is 19.0 Å². The first-order chi connectivity index (χ1) is 10.7. The summed E-state index contributed by atoms with van der Waals surface area (Å²) in [5.74, 6) is 0.00130. The fourth-order valence-corrected chi connectivity index (χ4v) is 2.60. The molecule has 0 spiro atoms. The maximum atomic E-state index is 11.7. The van der Waals surface area contributed by atoms with Crippen LogP contribution in [0.2, 0.25) is 5.02 Å². The number of hydrogen-bond acceptors (Lipinski definition) is 4. The Kier molecular flexibility index (Phi) is 6.66. The summed E-state index contributed by atoms with van der Waals surface area (Å²) < 4.78 is 0. The fraction of sp³-hybridized carbons (Fsp3) is 0.500. The van der Waals surface area contributed by atoms with Crippen LogP contribution in [0.15, 0.2) is 24.3 Å². The summed E-state index contributed by atoms with van der Waals surface area (Å²) >= 11 is 5.89. The Labute approximate surface area is 136 Å². The molecule has 1 N–H and O–H groups in total. The van der Waals surface area contributed by atoms with Gasteiger partial charge in [-0.15, -0.1) is 0 Å². The highest BCUT2D eigenvalue weighted by molar-refractivity contribution is 6.30. The highest BCUT2D eigenvalue weighted by atomic mass is 35.5. The van der Waals surface area contributed by atoms with Gasteiger partial charge in [0.15, 0.2) is 0 Å². The number of carbonyl (C=O) groups excluding carboxylic acids is 1. The molecule has 2 rings (SSSR count). The average molecular weight is 321 g/mol. The van der Waals surface area contributed by atoms with E-state index in [0.29, 0.717) is 19.5 Å². The zero-order valence-electron chi connectivity index (χ0n) is 12.6. The Hall–Kier alpha value is -1.61. The molecule has 6 heteroatoms. The van der Waals surface area contributed by atoms with Crippen LogP contribution in [0.3, 0.4) is 0 Å². The lowest BCUT2D eigenvalue weighted by molar-refractivity contribution is -0.122. The quantitative estimate of drug-likeness (QED) is 0.807. The van der Waals surface area contributed by atoms with E-state index in [9.17, 15) is 4.79 Å². The lowest BCUT2D eigenvalue weighted by atomic mass is 10.2. The Bertz CT molecular complexity index is 518. The van der Waals surface area contributed by atoms with Crippen molar-refractivity contribution in [2.75, 3.05) is 39.3 Å². The zero-order valence-corrected chi connectivity index (χ0v) is 13.4. The molecule has 0 unspecified atom stereocenters. The number of halogens is 1. The molecular formula is C16H21ClN4O. The number of piperazine rings is 1. The van der Waals surface area contributed by atoms with Gasteiger partial charge in [-0.25, -0.2) is 0 Å². The van der Waals surface area contributed by atoms with Crippen molar-refractivity contribution in [2.45, 2.75) is 13.0 Å². The molecule has 1 aromatic rings. The van der Waals surface area contributed by atoms with E-state index in [-0.39, 0.29) is 5.91 Å². The van der Waals surface area contributed by atoms with Crippen molar-refractivity contribution in [3.63, 3.8) is 0 Å². The topological polar surface area (TPSA) is 59.4 Å². The van der Waals surface area contributed by atoms with Crippen molar-refractivity contribution in [1.29, 1.82) is 5.26 Å². The van der Waals surface area contributed by atoms with Gasteiger partial charge in [0.1, 0.15) is 0 Å². The highest BCUT2D eigenvalue weighted by Gasteiger charge is 2.18. The van der Waals surface area contributed by atoms with Crippen molar-refractivity contribution < 1.29 is 4.79 Å². The average Bonchev–Trinajstić information content (AvgIpc) is 2.52. The van der Waals surface area contributed by atoms with Gasteiger partial charge in [0.25, 0.3) is 0 Å². The van der Waals surface area contributed by atoms with Crippen LogP contribution in [0.5, 0.6) is 0 Å². The molecule has 5 nitrogen and oxygen atoms in total. The number of benzene rings is 1. The molecule has 1 aliphatic heterocycles. The Morgan fingerprint density at radius 2 is 1.82 bits per heavy atom. The van der Waals surface area contributed by atoms with Crippen LogP contribution in [-0.2, 0) is 11.3 Å². The first-order valence-electron chi connectivity index (χ1n) is 7.50. The third kappa shape index (κ3) is 5.64. The minimum atomic E-state index is 0.00130. The van der Waals surface area contributed by atoms with E-state index in [1.807, 2.05) is 18.2 Å². The minimum absolute atomic E-state index is 0.00130. The molecule has 1 amide bonds. The molecule has 1 saturated heterocycles. The molecule has 0 saturated carbocycles. The maximum Gasteiger partial charge on any atom is 0.234 e. The van der Waals surface area contributed by atoms with Gasteiger partial charge in [0, 0.05) is 44.3 Å². The fourth-order valence-electron chi connectivity index (χ4n) is 2.47. The molecular weight excluding hydrogens is 300 g/mol. The van der Waals surface area contributed by atoms with Crippen LogP contribution in [0.25, 0.3) is 0 Å². The molecule has 1 fully saturated rings. The van der Waals surface area contributed by atoms with Gasteiger partial charge in [0.2, 0.25) is 5.91 Å². The van der Waals surface area contributed by atoms with Crippen molar-refractivity contribution in [3.05, 3.63) is 34.9 Å². The number of nitrogens with one attached hydrogen (secondary N) is 1. The van der Waals surface area contributed by atoms with Crippen LogP contribution in [0.1, 0.15) is 12.0 Å². The third-order valence-corrected chi connectivity index (χ3v) is 3.96. The molecule has 1 aliphatic rings. The van der Waals surface area contributed by atoms with Crippen LogP contribution in [0.4, 0.5) is 0 Å². The monoisotopic (exact) mass is 320 g/mol. The summed E-state index contributed by atoms with van der Waals surface area (Å²) in [4.78, 5) is 16.2. The predicted octanol–water partition coefficient (Wildman–Crippen LogP) is 1.49. The normalized spacial score (nSPS) is 16.2. The van der Waals surface area contributed by atoms with Gasteiger partial charge in [-0.1, -0.05) is 23.7 Å². The summed E-state index contributed by atoms with van der Waals surface area (Å²) in [6, 6.07) is 9.95. The van der Waals surface area contributed by atoms with E-state index in [4.69, 9.17) is 16.9 Å². The van der Waals surface area contributed by atoms with Gasteiger partial charge >= 0.3 is 0 Å². The van der Waals surface area contributed by atoms with Crippen molar-refractivity contribution >= 4 is 17.5 Å². The number of nitrogens with zero attached hydrogens (tertiary/aromatic N) is 3. The first kappa shape index (κ1) is 16.8. The number of carbonyl (C=O) groups is 1. The van der Waals surface area contributed by atoms with E-state index >= 15 is 0 Å². The maximum absolute atomic E-state index is 11.7. The number of nitriles is 1. The van der Waals surface area contributed by atoms with Crippen molar-refractivity contribution in [3.8, 4) is 6.07 Å². The molecule has 1 aromatic carbocycles. The van der Waals surface area contributed by atoms with Crippen LogP contribution in [0, 0.1) is 11.3 Å². The van der Waals surface area contributed by atoms with Gasteiger partial charge in [-0.05, 0) is 17.7 Å². The highest BCUT2D eigenvalue weighted by Crippen LogP contribution is 2.12. The van der Waals surface area contributed by atoms with Crippen molar-refractivity contribution in [1.82, 2.24) is 15.1 Å². The van der Waals surface area contributed by atoms with Gasteiger partial charge in [-0.3, -0.25) is 14.6 Å². The number of amides is 1. The lowest BCUT2D eigenvalue weighted by Crippen LogP contribution is -2.49. The zero-order chi connectivity index (χ0) is 15.8. The molecule has 0 bridgehead atoms. The van der Waals surface area contributed by atoms with Gasteiger partial charge < -0.3 is 5.32 Å². The molecule has 22 heavy (non-hydrogen) atoms. The summed E-state index contributed by atoms with van der Waals surface area (Å²) in [7, 11) is 0. The first-order valence-corrected chi connectivity index (χ1v) is 7.88. The molecule has 0 aliphatic carbocycles. The van der Waals surface area contributed by atoms with Gasteiger partial charge in [-0.2, -0.15) is 5.26 Å². The van der Waals surface area contributed by atoms with E-state index in [1.54, 1.807) is 0 Å². The number of hydrogen-bond donors (Lipinski definition) is 1. The van der Waals surface area contributed by atoms with Crippen LogP contribution < -0.4 is 5.32 Å². The van der Waals surface area contributed by atoms with E-state index in [2.05, 4.69) is 27.2 Å². The minimum Gasteiger partial charge on any atom is -0.354 e. The molecule has 0 radical (unpaired) electrons. The third-order valence-electron chi connectivity index (χ3n) is 3.71. The van der Waals surface area contributed by atoms with Crippen molar-refractivity contribution in [2.24, 2.45) is 0 Å². The second kappa shape index (κ2) is 8.74. The molecule has 118 valence electrons. The smallest absolute Gasteiger partial charge is 0.234 e. The van der Waals surface area contributed by atoms with E-state index < -0.39 is 0 Å². The van der Waals surface area contributed by atoms with Crippen LogP contribution in [-0.4, -0.2) is 55.0 Å². The molecule has 0 aromatic heterocycles. The number of rotatable bonds is 6. The summed E-state index contributed by atoms with van der Waals surface area (Å²) in [6.45, 7) is 5.45. The SMILES string of the molecule is N#CCCNC(=O)CN1CCN(Cc2ccc(Cl)cc2)CC1. The molecule has 0 atom stereocenters. The second-order valence-electron chi connectivity index (χ2n) is 5.44. The van der Waals surface area contributed by atoms with E-state index in [0.717, 1.165) is 37.7 Å². The summed E-state index contributed by atoms with van der Waals surface area (Å²) in [5, 5.41) is 12.0. The Morgan fingerprint density at radius 3 is 2.45 bits per heavy atom. The largest absolute Gasteiger partial charge is 0.354 e. The van der Waals surface area contributed by atoms with E-state index in [1.165, 1.54) is 5.56 Å². The Balaban J connectivity index is 1.68. The Morgan fingerprint density at radius 1 is 1.18 bits per heavy atom. The second-order valence-corrected chi connectivity index (χ2v) is 5.87. The summed E-state index contributed by atoms with van der Waals surface area (Å²) in [6.07, 6.45) is 0.362. The standard InChI is InChI=1S/C16H21ClN4O/c17-15-4-2-14(3-5-15)12-20-8-10-21(11-9-20)13-16(22)19-7-1-6-18/h2-5H,1,7-13H2,(H,19,22). The lowest BCUT2D eigenvalue weighted by Gasteiger charge is -2.34. The summed E-state index contributed by atoms with van der Waals surface area (Å²) in [5.41, 5.74) is 1.26. The predicted molar refractivity (Wildman–Crippen MR) is 86.4 cm³/mol.